The predicted octanol–water partition coefficient (Wildman–Crippen LogP) is 3.49. The van der Waals surface area contributed by atoms with Gasteiger partial charge < -0.3 is 9.84 Å². The molecule has 1 fully saturated rings. The zero-order valence-electron chi connectivity index (χ0n) is 15.8. The van der Waals surface area contributed by atoms with Crippen molar-refractivity contribution in [3.8, 4) is 5.75 Å². The van der Waals surface area contributed by atoms with E-state index in [2.05, 4.69) is 5.32 Å². The molecule has 1 heterocycles. The van der Waals surface area contributed by atoms with Crippen molar-refractivity contribution >= 4 is 47.2 Å². The summed E-state index contributed by atoms with van der Waals surface area (Å²) in [6, 6.07) is 9.01. The van der Waals surface area contributed by atoms with Crippen molar-refractivity contribution in [2.45, 2.75) is 13.3 Å². The highest BCUT2D eigenvalue weighted by atomic mass is 35.5. The lowest BCUT2D eigenvalue weighted by Gasteiger charge is -2.26. The van der Waals surface area contributed by atoms with E-state index in [9.17, 15) is 19.2 Å². The van der Waals surface area contributed by atoms with Crippen molar-refractivity contribution in [1.29, 1.82) is 0 Å². The molecule has 2 N–H and O–H groups in total. The van der Waals surface area contributed by atoms with Crippen LogP contribution in [0, 0.1) is 0 Å². The van der Waals surface area contributed by atoms with Gasteiger partial charge in [-0.1, -0.05) is 24.6 Å². The molecule has 2 aromatic carbocycles. The number of ether oxygens (including phenoxy) is 1. The average Bonchev–Trinajstić information content (AvgIpc) is 2.70. The van der Waals surface area contributed by atoms with Crippen molar-refractivity contribution in [2.24, 2.45) is 0 Å². The zero-order chi connectivity index (χ0) is 21.8. The van der Waals surface area contributed by atoms with Crippen LogP contribution in [0.1, 0.15) is 29.3 Å². The number of urea groups is 1. The molecule has 0 bridgehead atoms. The SMILES string of the molecule is CCCOc1ccc(/C=C2\C(=O)NC(=O)N(c3ccc(C(=O)O)cc3)C2=O)cc1Cl. The molecule has 0 aliphatic carbocycles. The molecule has 0 unspecified atom stereocenters. The van der Waals surface area contributed by atoms with Crippen molar-refractivity contribution in [3.63, 3.8) is 0 Å². The third-order valence-corrected chi connectivity index (χ3v) is 4.50. The minimum atomic E-state index is -1.14. The number of nitrogens with one attached hydrogen (secondary N) is 1. The average molecular weight is 429 g/mol. The molecule has 9 heteroatoms. The van der Waals surface area contributed by atoms with Gasteiger partial charge in [0.05, 0.1) is 22.9 Å². The lowest BCUT2D eigenvalue weighted by Crippen LogP contribution is -2.54. The Kier molecular flexibility index (Phi) is 6.17. The predicted molar refractivity (Wildman–Crippen MR) is 110 cm³/mol. The van der Waals surface area contributed by atoms with Crippen LogP contribution in [-0.4, -0.2) is 35.5 Å². The fourth-order valence-corrected chi connectivity index (χ4v) is 2.99. The molecular formula is C21H17ClN2O6. The van der Waals surface area contributed by atoms with Crippen LogP contribution >= 0.6 is 11.6 Å². The summed E-state index contributed by atoms with van der Waals surface area (Å²) in [5, 5.41) is 11.4. The molecule has 0 radical (unpaired) electrons. The van der Waals surface area contributed by atoms with Gasteiger partial charge in [-0.25, -0.2) is 14.5 Å². The normalized spacial score (nSPS) is 15.3. The van der Waals surface area contributed by atoms with Gasteiger partial charge in [-0.2, -0.15) is 0 Å². The number of anilines is 1. The number of carbonyl (C=O) groups is 4. The van der Waals surface area contributed by atoms with Crippen LogP contribution < -0.4 is 15.0 Å². The molecule has 3 rings (SSSR count). The topological polar surface area (TPSA) is 113 Å². The van der Waals surface area contributed by atoms with Crippen molar-refractivity contribution < 1.29 is 29.0 Å². The highest BCUT2D eigenvalue weighted by molar-refractivity contribution is 6.39. The van der Waals surface area contributed by atoms with E-state index in [0.29, 0.717) is 22.9 Å². The fourth-order valence-electron chi connectivity index (χ4n) is 2.75. The molecule has 2 aromatic rings. The summed E-state index contributed by atoms with van der Waals surface area (Å²) >= 11 is 6.19. The van der Waals surface area contributed by atoms with Gasteiger partial charge in [0.1, 0.15) is 11.3 Å². The number of carbonyl (C=O) groups excluding carboxylic acids is 3. The second-order valence-electron chi connectivity index (χ2n) is 6.35. The van der Waals surface area contributed by atoms with Gasteiger partial charge in [-0.05, 0) is 54.5 Å². The Morgan fingerprint density at radius 2 is 1.87 bits per heavy atom. The van der Waals surface area contributed by atoms with Crippen LogP contribution in [0.2, 0.25) is 5.02 Å². The van der Waals surface area contributed by atoms with E-state index in [1.807, 2.05) is 6.92 Å². The Bertz CT molecular complexity index is 1060. The van der Waals surface area contributed by atoms with Crippen molar-refractivity contribution in [2.75, 3.05) is 11.5 Å². The maximum absolute atomic E-state index is 12.9. The Hall–Kier alpha value is -3.65. The van der Waals surface area contributed by atoms with Crippen LogP contribution in [0.4, 0.5) is 10.5 Å². The molecule has 1 aliphatic heterocycles. The Morgan fingerprint density at radius 1 is 1.17 bits per heavy atom. The fraction of sp³-hybridized carbons (Fsp3) is 0.143. The molecule has 0 atom stereocenters. The third-order valence-electron chi connectivity index (χ3n) is 4.20. The van der Waals surface area contributed by atoms with Crippen LogP contribution in [0.5, 0.6) is 5.75 Å². The van der Waals surface area contributed by atoms with Crippen molar-refractivity contribution in [1.82, 2.24) is 5.32 Å². The number of aromatic carboxylic acids is 1. The summed E-state index contributed by atoms with van der Waals surface area (Å²) < 4.78 is 5.50. The quantitative estimate of drug-likeness (QED) is 0.538. The highest BCUT2D eigenvalue weighted by Crippen LogP contribution is 2.28. The van der Waals surface area contributed by atoms with Crippen LogP contribution in [0.15, 0.2) is 48.0 Å². The van der Waals surface area contributed by atoms with Crippen LogP contribution in [0.3, 0.4) is 0 Å². The summed E-state index contributed by atoms with van der Waals surface area (Å²) in [5.74, 6) is -2.34. The number of carboxylic acids is 1. The lowest BCUT2D eigenvalue weighted by molar-refractivity contribution is -0.122. The molecule has 1 aliphatic rings. The zero-order valence-corrected chi connectivity index (χ0v) is 16.6. The lowest BCUT2D eigenvalue weighted by atomic mass is 10.1. The Labute approximate surface area is 176 Å². The Balaban J connectivity index is 1.92. The maximum atomic E-state index is 12.9. The highest BCUT2D eigenvalue weighted by Gasteiger charge is 2.36. The molecule has 0 saturated carbocycles. The first kappa shape index (κ1) is 21.1. The summed E-state index contributed by atoms with van der Waals surface area (Å²) in [4.78, 5) is 49.1. The number of rotatable bonds is 6. The molecule has 4 amide bonds. The van der Waals surface area contributed by atoms with Gasteiger partial charge in [0.15, 0.2) is 0 Å². The van der Waals surface area contributed by atoms with Crippen molar-refractivity contribution in [3.05, 3.63) is 64.2 Å². The molecule has 30 heavy (non-hydrogen) atoms. The Morgan fingerprint density at radius 3 is 2.47 bits per heavy atom. The molecule has 0 spiro atoms. The van der Waals surface area contributed by atoms with E-state index in [0.717, 1.165) is 11.3 Å². The minimum absolute atomic E-state index is 0.00418. The monoisotopic (exact) mass is 428 g/mol. The van der Waals surface area contributed by atoms with Gasteiger partial charge in [-0.15, -0.1) is 0 Å². The molecule has 0 aromatic heterocycles. The van der Waals surface area contributed by atoms with Crippen LogP contribution in [0.25, 0.3) is 6.08 Å². The first-order chi connectivity index (χ1) is 14.3. The van der Waals surface area contributed by atoms with Crippen LogP contribution in [-0.2, 0) is 9.59 Å². The molecule has 1 saturated heterocycles. The van der Waals surface area contributed by atoms with Gasteiger partial charge in [0.25, 0.3) is 11.8 Å². The van der Waals surface area contributed by atoms with E-state index in [1.54, 1.807) is 18.2 Å². The number of amides is 4. The molecular weight excluding hydrogens is 412 g/mol. The standard InChI is InChI=1S/C21H17ClN2O6/c1-2-9-30-17-8-3-12(11-16(17)22)10-15-18(25)23-21(29)24(19(15)26)14-6-4-13(5-7-14)20(27)28/h3-8,10-11H,2,9H2,1H3,(H,27,28)(H,23,25,29)/b15-10+. The summed E-state index contributed by atoms with van der Waals surface area (Å²) in [7, 11) is 0. The minimum Gasteiger partial charge on any atom is -0.492 e. The number of hydrogen-bond donors (Lipinski definition) is 2. The van der Waals surface area contributed by atoms with E-state index in [4.69, 9.17) is 21.4 Å². The number of hydrogen-bond acceptors (Lipinski definition) is 5. The second-order valence-corrected chi connectivity index (χ2v) is 6.76. The number of benzene rings is 2. The van der Waals surface area contributed by atoms with Gasteiger partial charge in [0, 0.05) is 0 Å². The first-order valence-electron chi connectivity index (χ1n) is 8.99. The molecule has 154 valence electrons. The second kappa shape index (κ2) is 8.79. The number of barbiturate groups is 1. The molecule has 8 nitrogen and oxygen atoms in total. The van der Waals surface area contributed by atoms with E-state index in [-0.39, 0.29) is 16.8 Å². The smallest absolute Gasteiger partial charge is 0.335 e. The van der Waals surface area contributed by atoms with Gasteiger partial charge in [-0.3, -0.25) is 14.9 Å². The van der Waals surface area contributed by atoms with E-state index >= 15 is 0 Å². The summed E-state index contributed by atoms with van der Waals surface area (Å²) in [5.41, 5.74) is 0.325. The van der Waals surface area contributed by atoms with E-state index in [1.165, 1.54) is 30.3 Å². The number of carboxylic acid groups (broad SMARTS) is 1. The van der Waals surface area contributed by atoms with Gasteiger partial charge in [0.2, 0.25) is 0 Å². The maximum Gasteiger partial charge on any atom is 0.335 e. The summed E-state index contributed by atoms with van der Waals surface area (Å²) in [6.45, 7) is 2.46. The van der Waals surface area contributed by atoms with Gasteiger partial charge >= 0.3 is 12.0 Å². The first-order valence-corrected chi connectivity index (χ1v) is 9.36. The summed E-state index contributed by atoms with van der Waals surface area (Å²) in [6.07, 6.45) is 2.13. The third kappa shape index (κ3) is 4.33. The largest absolute Gasteiger partial charge is 0.492 e. The number of nitrogens with zero attached hydrogens (tertiary/aromatic N) is 1. The number of imide groups is 2. The van der Waals surface area contributed by atoms with E-state index < -0.39 is 23.8 Å². The number of halogens is 1.